The van der Waals surface area contributed by atoms with Crippen molar-refractivity contribution in [3.63, 3.8) is 0 Å². The Morgan fingerprint density at radius 2 is 1.62 bits per heavy atom. The number of hydrogen-bond donors (Lipinski definition) is 2. The topological polar surface area (TPSA) is 58.2 Å². The molecule has 1 saturated carbocycles. The fourth-order valence-corrected chi connectivity index (χ4v) is 2.92. The monoisotopic (exact) mass is 322 g/mol. The van der Waals surface area contributed by atoms with Gasteiger partial charge in [-0.1, -0.05) is 48.5 Å². The zero-order chi connectivity index (χ0) is 17.0. The van der Waals surface area contributed by atoms with Crippen molar-refractivity contribution in [2.45, 2.75) is 25.2 Å². The molecule has 0 heterocycles. The van der Waals surface area contributed by atoms with E-state index in [1.165, 1.54) is 5.56 Å². The van der Waals surface area contributed by atoms with Gasteiger partial charge in [0.05, 0.1) is 6.54 Å². The maximum atomic E-state index is 12.1. The van der Waals surface area contributed by atoms with Crippen LogP contribution in [0.5, 0.6) is 0 Å². The average molecular weight is 322 g/mol. The number of carbonyl (C=O) groups excluding carboxylic acids is 2. The summed E-state index contributed by atoms with van der Waals surface area (Å²) in [6.45, 7) is 2.50. The fraction of sp³-hybridized carbons (Fsp3) is 0.300. The Bertz CT molecular complexity index is 736. The van der Waals surface area contributed by atoms with E-state index in [9.17, 15) is 9.59 Å². The van der Waals surface area contributed by atoms with Gasteiger partial charge in [0.15, 0.2) is 0 Å². The molecule has 4 nitrogen and oxygen atoms in total. The molecule has 0 atom stereocenters. The van der Waals surface area contributed by atoms with E-state index in [4.69, 9.17) is 0 Å². The molecule has 4 heteroatoms. The second-order valence-electron chi connectivity index (χ2n) is 6.42. The highest BCUT2D eigenvalue weighted by molar-refractivity contribution is 5.97. The van der Waals surface area contributed by atoms with Gasteiger partial charge in [0.1, 0.15) is 0 Å². The van der Waals surface area contributed by atoms with Crippen LogP contribution in [0.2, 0.25) is 0 Å². The van der Waals surface area contributed by atoms with Crippen molar-refractivity contribution in [1.29, 1.82) is 0 Å². The first-order valence-electron chi connectivity index (χ1n) is 8.27. The molecule has 0 bridgehead atoms. The Morgan fingerprint density at radius 1 is 0.958 bits per heavy atom. The lowest BCUT2D eigenvalue weighted by atomic mass is 9.96. The first kappa shape index (κ1) is 16.2. The quantitative estimate of drug-likeness (QED) is 0.859. The SMILES string of the molecule is Cc1ccccc1C(=O)NCC(=O)NCC1(c2ccccc2)CC1. The molecule has 124 valence electrons. The third-order valence-corrected chi connectivity index (χ3v) is 4.66. The third kappa shape index (κ3) is 3.65. The molecule has 0 spiro atoms. The lowest BCUT2D eigenvalue weighted by molar-refractivity contribution is -0.120. The van der Waals surface area contributed by atoms with Crippen LogP contribution in [0.25, 0.3) is 0 Å². The van der Waals surface area contributed by atoms with Gasteiger partial charge in [-0.15, -0.1) is 0 Å². The first-order chi connectivity index (χ1) is 11.6. The van der Waals surface area contributed by atoms with Crippen molar-refractivity contribution < 1.29 is 9.59 Å². The van der Waals surface area contributed by atoms with Gasteiger partial charge in [-0.05, 0) is 37.0 Å². The lowest BCUT2D eigenvalue weighted by Gasteiger charge is -2.16. The van der Waals surface area contributed by atoms with Crippen molar-refractivity contribution >= 4 is 11.8 Å². The van der Waals surface area contributed by atoms with Crippen LogP contribution in [0, 0.1) is 6.92 Å². The number of amides is 2. The van der Waals surface area contributed by atoms with Gasteiger partial charge in [0.2, 0.25) is 5.91 Å². The zero-order valence-corrected chi connectivity index (χ0v) is 13.8. The van der Waals surface area contributed by atoms with E-state index in [1.807, 2.05) is 43.3 Å². The predicted molar refractivity (Wildman–Crippen MR) is 93.9 cm³/mol. The molecule has 2 N–H and O–H groups in total. The minimum absolute atomic E-state index is 0.00195. The van der Waals surface area contributed by atoms with Crippen molar-refractivity contribution in [3.8, 4) is 0 Å². The molecule has 0 aromatic heterocycles. The molecule has 0 radical (unpaired) electrons. The van der Waals surface area contributed by atoms with Gasteiger partial charge in [0, 0.05) is 17.5 Å². The number of nitrogens with one attached hydrogen (secondary N) is 2. The van der Waals surface area contributed by atoms with Gasteiger partial charge >= 0.3 is 0 Å². The summed E-state index contributed by atoms with van der Waals surface area (Å²) < 4.78 is 0. The van der Waals surface area contributed by atoms with E-state index in [-0.39, 0.29) is 23.8 Å². The number of benzene rings is 2. The summed E-state index contributed by atoms with van der Waals surface area (Å²) in [5, 5.41) is 5.64. The van der Waals surface area contributed by atoms with Gasteiger partial charge in [-0.2, -0.15) is 0 Å². The fourth-order valence-electron chi connectivity index (χ4n) is 2.92. The predicted octanol–water partition coefficient (Wildman–Crippen LogP) is 2.57. The molecule has 2 aromatic rings. The Kier molecular flexibility index (Phi) is 4.65. The molecule has 1 aliphatic rings. The molecule has 0 unspecified atom stereocenters. The second-order valence-corrected chi connectivity index (χ2v) is 6.42. The summed E-state index contributed by atoms with van der Waals surface area (Å²) in [6, 6.07) is 17.6. The zero-order valence-electron chi connectivity index (χ0n) is 13.8. The highest BCUT2D eigenvalue weighted by Gasteiger charge is 2.44. The second kappa shape index (κ2) is 6.87. The van der Waals surface area contributed by atoms with Crippen LogP contribution in [0.15, 0.2) is 54.6 Å². The summed E-state index contributed by atoms with van der Waals surface area (Å²) >= 11 is 0. The van der Waals surface area contributed by atoms with Crippen LogP contribution >= 0.6 is 0 Å². The normalized spacial score (nSPS) is 14.7. The largest absolute Gasteiger partial charge is 0.354 e. The summed E-state index contributed by atoms with van der Waals surface area (Å²) in [5.74, 6) is -0.369. The molecule has 2 aromatic carbocycles. The van der Waals surface area contributed by atoms with Crippen molar-refractivity contribution in [2.24, 2.45) is 0 Å². The van der Waals surface area contributed by atoms with E-state index in [1.54, 1.807) is 6.07 Å². The van der Waals surface area contributed by atoms with Crippen LogP contribution < -0.4 is 10.6 Å². The molecule has 0 saturated heterocycles. The molecule has 2 amide bonds. The summed E-state index contributed by atoms with van der Waals surface area (Å²) in [4.78, 5) is 24.2. The maximum Gasteiger partial charge on any atom is 0.251 e. The Balaban J connectivity index is 1.49. The number of rotatable bonds is 6. The molecule has 1 fully saturated rings. The molecule has 1 aliphatic carbocycles. The number of aryl methyl sites for hydroxylation is 1. The van der Waals surface area contributed by atoms with Crippen LogP contribution in [0.1, 0.15) is 34.3 Å². The number of carbonyl (C=O) groups is 2. The highest BCUT2D eigenvalue weighted by Crippen LogP contribution is 2.47. The first-order valence-corrected chi connectivity index (χ1v) is 8.27. The maximum absolute atomic E-state index is 12.1. The summed E-state index contributed by atoms with van der Waals surface area (Å²) in [7, 11) is 0. The molecular formula is C20H22N2O2. The standard InChI is InChI=1S/C20H22N2O2/c1-15-7-5-6-10-17(15)19(24)21-13-18(23)22-14-20(11-12-20)16-8-3-2-4-9-16/h2-10H,11-14H2,1H3,(H,21,24)(H,22,23). The molecule has 24 heavy (non-hydrogen) atoms. The van der Waals surface area contributed by atoms with E-state index >= 15 is 0 Å². The van der Waals surface area contributed by atoms with E-state index in [2.05, 4.69) is 22.8 Å². The van der Waals surface area contributed by atoms with Gasteiger partial charge in [-0.3, -0.25) is 9.59 Å². The van der Waals surface area contributed by atoms with E-state index in [0.717, 1.165) is 18.4 Å². The van der Waals surface area contributed by atoms with Gasteiger partial charge < -0.3 is 10.6 Å². The third-order valence-electron chi connectivity index (χ3n) is 4.66. The lowest BCUT2D eigenvalue weighted by Crippen LogP contribution is -2.40. The van der Waals surface area contributed by atoms with Crippen molar-refractivity contribution in [3.05, 3.63) is 71.3 Å². The van der Waals surface area contributed by atoms with E-state index < -0.39 is 0 Å². The van der Waals surface area contributed by atoms with Crippen LogP contribution in [0.3, 0.4) is 0 Å². The smallest absolute Gasteiger partial charge is 0.251 e. The molecule has 3 rings (SSSR count). The minimum atomic E-state index is -0.215. The highest BCUT2D eigenvalue weighted by atomic mass is 16.2. The van der Waals surface area contributed by atoms with Gasteiger partial charge in [-0.25, -0.2) is 0 Å². The van der Waals surface area contributed by atoms with Crippen molar-refractivity contribution in [2.75, 3.05) is 13.1 Å². The Labute approximate surface area is 142 Å². The molecular weight excluding hydrogens is 300 g/mol. The summed E-state index contributed by atoms with van der Waals surface area (Å²) in [6.07, 6.45) is 2.18. The van der Waals surface area contributed by atoms with Crippen molar-refractivity contribution in [1.82, 2.24) is 10.6 Å². The van der Waals surface area contributed by atoms with Crippen LogP contribution in [-0.2, 0) is 10.2 Å². The van der Waals surface area contributed by atoms with Crippen LogP contribution in [-0.4, -0.2) is 24.9 Å². The average Bonchev–Trinajstić information content (AvgIpc) is 3.40. The van der Waals surface area contributed by atoms with E-state index in [0.29, 0.717) is 12.1 Å². The summed E-state index contributed by atoms with van der Waals surface area (Å²) in [5.41, 5.74) is 2.86. The minimum Gasteiger partial charge on any atom is -0.354 e. The van der Waals surface area contributed by atoms with Crippen LogP contribution in [0.4, 0.5) is 0 Å². The Morgan fingerprint density at radius 3 is 2.29 bits per heavy atom. The van der Waals surface area contributed by atoms with Gasteiger partial charge in [0.25, 0.3) is 5.91 Å². The Hall–Kier alpha value is -2.62. The molecule has 0 aliphatic heterocycles. The number of hydrogen-bond acceptors (Lipinski definition) is 2.